The number of ether oxygens (including phenoxy) is 1. The highest BCUT2D eigenvalue weighted by atomic mass is 19.2. The van der Waals surface area contributed by atoms with E-state index in [4.69, 9.17) is 4.74 Å². The van der Waals surface area contributed by atoms with Crippen LogP contribution < -0.4 is 4.74 Å². The molecule has 4 heteroatoms. The van der Waals surface area contributed by atoms with E-state index in [0.29, 0.717) is 5.75 Å². The number of halogens is 2. The largest absolute Gasteiger partial charge is 0.483 e. The summed E-state index contributed by atoms with van der Waals surface area (Å²) in [5.74, 6) is -1.87. The lowest BCUT2D eigenvalue weighted by molar-refractivity contribution is 0.0817. The normalized spacial score (nSPS) is 12.0. The Kier molecular flexibility index (Phi) is 4.13. The molecule has 0 bridgehead atoms. The maximum atomic E-state index is 13.1. The van der Waals surface area contributed by atoms with E-state index in [1.807, 2.05) is 19.1 Å². The van der Waals surface area contributed by atoms with Gasteiger partial charge in [0.1, 0.15) is 5.75 Å². The molecule has 0 N–H and O–H groups in total. The minimum atomic E-state index is -1.04. The maximum Gasteiger partial charge on any atom is 0.203 e. The van der Waals surface area contributed by atoms with Gasteiger partial charge < -0.3 is 4.74 Å². The SMILES string of the molecule is Cc1ccc(OC(C)C(=O)c2ccc(F)c(F)c2)cc1. The fraction of sp³-hybridized carbons (Fsp3) is 0.188. The molecular weight excluding hydrogens is 262 g/mol. The molecule has 20 heavy (non-hydrogen) atoms. The summed E-state index contributed by atoms with van der Waals surface area (Å²) in [5, 5.41) is 0. The van der Waals surface area contributed by atoms with Crippen molar-refractivity contribution in [1.29, 1.82) is 0 Å². The summed E-state index contributed by atoms with van der Waals surface area (Å²) in [6, 6.07) is 10.3. The lowest BCUT2D eigenvalue weighted by atomic mass is 10.1. The Hall–Kier alpha value is -2.23. The summed E-state index contributed by atoms with van der Waals surface area (Å²) >= 11 is 0. The molecule has 0 aliphatic heterocycles. The van der Waals surface area contributed by atoms with Crippen LogP contribution in [0.3, 0.4) is 0 Å². The van der Waals surface area contributed by atoms with Crippen LogP contribution in [0.15, 0.2) is 42.5 Å². The molecule has 0 fully saturated rings. The maximum absolute atomic E-state index is 13.1. The first-order valence-electron chi connectivity index (χ1n) is 6.20. The van der Waals surface area contributed by atoms with Crippen molar-refractivity contribution in [2.45, 2.75) is 20.0 Å². The van der Waals surface area contributed by atoms with Gasteiger partial charge in [-0.3, -0.25) is 4.79 Å². The van der Waals surface area contributed by atoms with E-state index in [2.05, 4.69) is 0 Å². The Morgan fingerprint density at radius 3 is 2.30 bits per heavy atom. The van der Waals surface area contributed by atoms with E-state index in [0.717, 1.165) is 17.7 Å². The van der Waals surface area contributed by atoms with Crippen molar-refractivity contribution in [1.82, 2.24) is 0 Å². The third kappa shape index (κ3) is 3.20. The highest BCUT2D eigenvalue weighted by molar-refractivity contribution is 5.99. The van der Waals surface area contributed by atoms with E-state index in [1.54, 1.807) is 19.1 Å². The molecule has 1 atom stereocenters. The van der Waals surface area contributed by atoms with Crippen molar-refractivity contribution in [3.8, 4) is 5.75 Å². The third-order valence-electron chi connectivity index (χ3n) is 2.91. The van der Waals surface area contributed by atoms with Crippen LogP contribution in [0.1, 0.15) is 22.8 Å². The van der Waals surface area contributed by atoms with Gasteiger partial charge in [0.2, 0.25) is 5.78 Å². The Morgan fingerprint density at radius 2 is 1.70 bits per heavy atom. The van der Waals surface area contributed by atoms with Crippen LogP contribution in [-0.2, 0) is 0 Å². The van der Waals surface area contributed by atoms with Crippen LogP contribution in [0, 0.1) is 18.6 Å². The smallest absolute Gasteiger partial charge is 0.203 e. The summed E-state index contributed by atoms with van der Waals surface area (Å²) in [6.45, 7) is 3.52. The number of aryl methyl sites for hydroxylation is 1. The molecule has 1 unspecified atom stereocenters. The highest BCUT2D eigenvalue weighted by Crippen LogP contribution is 2.16. The first-order chi connectivity index (χ1) is 9.47. The van der Waals surface area contributed by atoms with E-state index in [-0.39, 0.29) is 5.56 Å². The average Bonchev–Trinajstić information content (AvgIpc) is 2.43. The number of carbonyl (C=O) groups excluding carboxylic acids is 1. The first kappa shape index (κ1) is 14.2. The molecule has 2 nitrogen and oxygen atoms in total. The summed E-state index contributed by atoms with van der Waals surface area (Å²) in [7, 11) is 0. The monoisotopic (exact) mass is 276 g/mol. The second kappa shape index (κ2) is 5.82. The topological polar surface area (TPSA) is 26.3 Å². The number of rotatable bonds is 4. The van der Waals surface area contributed by atoms with Crippen molar-refractivity contribution in [2.24, 2.45) is 0 Å². The van der Waals surface area contributed by atoms with Gasteiger partial charge in [-0.2, -0.15) is 0 Å². The number of Topliss-reactive ketones (excluding diaryl/α,β-unsaturated/α-hetero) is 1. The summed E-state index contributed by atoms with van der Waals surface area (Å²) < 4.78 is 31.4. The number of ketones is 1. The molecule has 0 heterocycles. The predicted octanol–water partition coefficient (Wildman–Crippen LogP) is 3.92. The Balaban J connectivity index is 2.11. The van der Waals surface area contributed by atoms with Crippen LogP contribution in [0.2, 0.25) is 0 Å². The molecule has 0 spiro atoms. The summed E-state index contributed by atoms with van der Waals surface area (Å²) in [4.78, 5) is 12.1. The van der Waals surface area contributed by atoms with Crippen molar-refractivity contribution < 1.29 is 18.3 Å². The molecule has 2 rings (SSSR count). The van der Waals surface area contributed by atoms with Crippen molar-refractivity contribution in [3.63, 3.8) is 0 Å². The Labute approximate surface area is 116 Å². The molecule has 2 aromatic carbocycles. The number of hydrogen-bond donors (Lipinski definition) is 0. The van der Waals surface area contributed by atoms with Gasteiger partial charge in [0, 0.05) is 5.56 Å². The third-order valence-corrected chi connectivity index (χ3v) is 2.91. The van der Waals surface area contributed by atoms with Gasteiger partial charge in [0.25, 0.3) is 0 Å². The fourth-order valence-electron chi connectivity index (χ4n) is 1.76. The van der Waals surface area contributed by atoms with Crippen LogP contribution >= 0.6 is 0 Å². The average molecular weight is 276 g/mol. The molecule has 0 saturated heterocycles. The second-order valence-corrected chi connectivity index (χ2v) is 4.57. The van der Waals surface area contributed by atoms with Gasteiger partial charge >= 0.3 is 0 Å². The van der Waals surface area contributed by atoms with E-state index < -0.39 is 23.5 Å². The zero-order valence-electron chi connectivity index (χ0n) is 11.2. The van der Waals surface area contributed by atoms with Crippen LogP contribution in [0.5, 0.6) is 5.75 Å². The number of hydrogen-bond acceptors (Lipinski definition) is 2. The lowest BCUT2D eigenvalue weighted by Crippen LogP contribution is -2.24. The van der Waals surface area contributed by atoms with E-state index in [9.17, 15) is 13.6 Å². The van der Waals surface area contributed by atoms with Gasteiger partial charge in [-0.1, -0.05) is 17.7 Å². The molecule has 0 radical (unpaired) electrons. The molecule has 0 aliphatic rings. The molecular formula is C16H14F2O2. The summed E-state index contributed by atoms with van der Waals surface area (Å²) in [6.07, 6.45) is -0.775. The molecule has 0 aliphatic carbocycles. The van der Waals surface area contributed by atoms with Crippen LogP contribution in [0.4, 0.5) is 8.78 Å². The number of carbonyl (C=O) groups is 1. The fourth-order valence-corrected chi connectivity index (χ4v) is 1.76. The van der Waals surface area contributed by atoms with Crippen LogP contribution in [0.25, 0.3) is 0 Å². The van der Waals surface area contributed by atoms with Crippen molar-refractivity contribution >= 4 is 5.78 Å². The summed E-state index contributed by atoms with van der Waals surface area (Å²) in [5.41, 5.74) is 1.17. The quantitative estimate of drug-likeness (QED) is 0.791. The molecule has 104 valence electrons. The lowest BCUT2D eigenvalue weighted by Gasteiger charge is -2.14. The van der Waals surface area contributed by atoms with Crippen molar-refractivity contribution in [2.75, 3.05) is 0 Å². The van der Waals surface area contributed by atoms with Gasteiger partial charge in [-0.05, 0) is 44.2 Å². The van der Waals surface area contributed by atoms with Crippen LogP contribution in [-0.4, -0.2) is 11.9 Å². The van der Waals surface area contributed by atoms with Gasteiger partial charge in [0.15, 0.2) is 17.7 Å². The van der Waals surface area contributed by atoms with Gasteiger partial charge in [0.05, 0.1) is 0 Å². The van der Waals surface area contributed by atoms with E-state index in [1.165, 1.54) is 6.07 Å². The highest BCUT2D eigenvalue weighted by Gasteiger charge is 2.18. The first-order valence-corrected chi connectivity index (χ1v) is 6.20. The molecule has 0 saturated carbocycles. The standard InChI is InChI=1S/C16H14F2O2/c1-10-3-6-13(7-4-10)20-11(2)16(19)12-5-8-14(17)15(18)9-12/h3-9,11H,1-2H3. The zero-order chi connectivity index (χ0) is 14.7. The predicted molar refractivity (Wildman–Crippen MR) is 72.0 cm³/mol. The minimum Gasteiger partial charge on any atom is -0.483 e. The molecule has 0 aromatic heterocycles. The zero-order valence-corrected chi connectivity index (χ0v) is 11.2. The Morgan fingerprint density at radius 1 is 1.05 bits per heavy atom. The van der Waals surface area contributed by atoms with Gasteiger partial charge in [-0.15, -0.1) is 0 Å². The molecule has 0 amide bonds. The minimum absolute atomic E-state index is 0.0866. The van der Waals surface area contributed by atoms with Gasteiger partial charge in [-0.25, -0.2) is 8.78 Å². The second-order valence-electron chi connectivity index (χ2n) is 4.57. The number of benzene rings is 2. The Bertz CT molecular complexity index is 621. The molecule has 2 aromatic rings. The van der Waals surface area contributed by atoms with E-state index >= 15 is 0 Å². The van der Waals surface area contributed by atoms with Crippen molar-refractivity contribution in [3.05, 3.63) is 65.2 Å².